The standard InChI is InChI=1S/C21H30O13/c1-8(22)30-7-12-15(25)16(26)17(27)20(32-12)33-19-14-13(10(6-31-19)18(28)29-4)11(24)5-21(14,3)34-9(2)23/h6,11-17,19-20,24-27H,5,7H2,1-4H3/t11-,12-,13+,14-,15-,16+,17-,19+,20+,21+/m1/s1. The predicted molar refractivity (Wildman–Crippen MR) is 107 cm³/mol. The molecule has 13 nitrogen and oxygen atoms in total. The van der Waals surface area contributed by atoms with Crippen LogP contribution < -0.4 is 0 Å². The fourth-order valence-electron chi connectivity index (χ4n) is 4.81. The van der Waals surface area contributed by atoms with Gasteiger partial charge < -0.3 is 48.8 Å². The molecule has 3 rings (SSSR count). The van der Waals surface area contributed by atoms with Gasteiger partial charge in [0.2, 0.25) is 6.29 Å². The Morgan fingerprint density at radius 2 is 1.74 bits per heavy atom. The molecule has 0 bridgehead atoms. The molecule has 0 aromatic carbocycles. The molecule has 4 N–H and O–H groups in total. The molecule has 2 aliphatic heterocycles. The van der Waals surface area contributed by atoms with E-state index in [9.17, 15) is 34.8 Å². The molecule has 1 aliphatic carbocycles. The van der Waals surface area contributed by atoms with Gasteiger partial charge in [-0.1, -0.05) is 0 Å². The molecule has 10 atom stereocenters. The van der Waals surface area contributed by atoms with Crippen LogP contribution in [0.5, 0.6) is 0 Å². The second kappa shape index (κ2) is 10.1. The molecule has 0 spiro atoms. The molecule has 2 fully saturated rings. The van der Waals surface area contributed by atoms with Gasteiger partial charge in [-0.3, -0.25) is 9.59 Å². The van der Waals surface area contributed by atoms with E-state index in [0.29, 0.717) is 0 Å². The number of carbonyl (C=O) groups is 3. The van der Waals surface area contributed by atoms with E-state index in [0.717, 1.165) is 20.3 Å². The lowest BCUT2D eigenvalue weighted by atomic mass is 9.80. The van der Waals surface area contributed by atoms with Crippen molar-refractivity contribution in [3.05, 3.63) is 11.8 Å². The number of aliphatic hydroxyl groups excluding tert-OH is 4. The smallest absolute Gasteiger partial charge is 0.337 e. The number of methoxy groups -OCH3 is 1. The third-order valence-corrected chi connectivity index (χ3v) is 6.29. The molecule has 13 heteroatoms. The van der Waals surface area contributed by atoms with Gasteiger partial charge in [0.05, 0.1) is 31.0 Å². The summed E-state index contributed by atoms with van der Waals surface area (Å²) in [5.74, 6) is -3.91. The number of fused-ring (bicyclic) bond motifs is 1. The Labute approximate surface area is 195 Å². The molecule has 0 aromatic rings. The molecule has 1 saturated carbocycles. The first-order chi connectivity index (χ1) is 15.9. The van der Waals surface area contributed by atoms with Gasteiger partial charge in [0, 0.05) is 26.2 Å². The van der Waals surface area contributed by atoms with E-state index in [1.165, 1.54) is 6.92 Å². The van der Waals surface area contributed by atoms with Crippen LogP contribution in [-0.4, -0.2) is 101 Å². The van der Waals surface area contributed by atoms with Crippen molar-refractivity contribution in [1.29, 1.82) is 0 Å². The highest BCUT2D eigenvalue weighted by Crippen LogP contribution is 2.51. The summed E-state index contributed by atoms with van der Waals surface area (Å²) in [5, 5.41) is 41.6. The summed E-state index contributed by atoms with van der Waals surface area (Å²) in [4.78, 5) is 35.2. The van der Waals surface area contributed by atoms with E-state index in [1.807, 2.05) is 0 Å². The zero-order valence-electron chi connectivity index (χ0n) is 19.2. The monoisotopic (exact) mass is 490 g/mol. The van der Waals surface area contributed by atoms with Gasteiger partial charge in [0.25, 0.3) is 0 Å². The second-order valence-electron chi connectivity index (χ2n) is 8.75. The number of hydrogen-bond acceptors (Lipinski definition) is 13. The Morgan fingerprint density at radius 1 is 1.06 bits per heavy atom. The lowest BCUT2D eigenvalue weighted by Gasteiger charge is -2.44. The fraction of sp³-hybridized carbons (Fsp3) is 0.762. The van der Waals surface area contributed by atoms with Crippen molar-refractivity contribution in [3.8, 4) is 0 Å². The van der Waals surface area contributed by atoms with Crippen molar-refractivity contribution in [2.75, 3.05) is 13.7 Å². The van der Waals surface area contributed by atoms with Crippen LogP contribution in [0.1, 0.15) is 27.2 Å². The Morgan fingerprint density at radius 3 is 2.32 bits per heavy atom. The number of ether oxygens (including phenoxy) is 6. The number of rotatable bonds is 6. The molecular weight excluding hydrogens is 460 g/mol. The Kier molecular flexibility index (Phi) is 7.85. The molecule has 0 radical (unpaired) electrons. The largest absolute Gasteiger partial charge is 0.471 e. The molecule has 1 saturated heterocycles. The molecule has 0 unspecified atom stereocenters. The van der Waals surface area contributed by atoms with Crippen molar-refractivity contribution >= 4 is 17.9 Å². The van der Waals surface area contributed by atoms with Crippen LogP contribution in [0.15, 0.2) is 11.8 Å². The summed E-state index contributed by atoms with van der Waals surface area (Å²) in [7, 11) is 1.16. The summed E-state index contributed by atoms with van der Waals surface area (Å²) in [6.07, 6.45) is -9.29. The van der Waals surface area contributed by atoms with Crippen LogP contribution in [-0.2, 0) is 42.8 Å². The van der Waals surface area contributed by atoms with Crippen LogP contribution in [0.25, 0.3) is 0 Å². The number of carbonyl (C=O) groups excluding carboxylic acids is 3. The number of aliphatic hydroxyl groups is 4. The molecule has 192 valence electrons. The Balaban J connectivity index is 1.89. The highest BCUT2D eigenvalue weighted by molar-refractivity contribution is 5.89. The highest BCUT2D eigenvalue weighted by Gasteiger charge is 2.62. The highest BCUT2D eigenvalue weighted by atomic mass is 16.8. The quantitative estimate of drug-likeness (QED) is 0.239. The minimum Gasteiger partial charge on any atom is -0.471 e. The molecule has 34 heavy (non-hydrogen) atoms. The normalized spacial score (nSPS) is 41.5. The maximum Gasteiger partial charge on any atom is 0.337 e. The zero-order valence-corrected chi connectivity index (χ0v) is 19.2. The van der Waals surface area contributed by atoms with Crippen molar-refractivity contribution in [2.24, 2.45) is 11.8 Å². The third kappa shape index (κ3) is 5.04. The molecule has 0 aromatic heterocycles. The molecular formula is C21H30O13. The van der Waals surface area contributed by atoms with Crippen LogP contribution >= 0.6 is 0 Å². The lowest BCUT2D eigenvalue weighted by molar-refractivity contribution is -0.346. The Bertz CT molecular complexity index is 827. The lowest BCUT2D eigenvalue weighted by Crippen LogP contribution is -2.61. The van der Waals surface area contributed by atoms with Crippen LogP contribution in [0.2, 0.25) is 0 Å². The van der Waals surface area contributed by atoms with E-state index < -0.39 is 85.1 Å². The minimum atomic E-state index is -1.73. The van der Waals surface area contributed by atoms with E-state index in [1.54, 1.807) is 6.92 Å². The predicted octanol–water partition coefficient (Wildman–Crippen LogP) is -1.89. The Hall–Kier alpha value is -2.29. The van der Waals surface area contributed by atoms with Gasteiger partial charge in [-0.25, -0.2) is 4.79 Å². The summed E-state index contributed by atoms with van der Waals surface area (Å²) in [6, 6.07) is 0. The molecule has 2 heterocycles. The van der Waals surface area contributed by atoms with E-state index in [2.05, 4.69) is 0 Å². The minimum absolute atomic E-state index is 0.00373. The van der Waals surface area contributed by atoms with Crippen LogP contribution in [0, 0.1) is 11.8 Å². The maximum atomic E-state index is 12.3. The summed E-state index contributed by atoms with van der Waals surface area (Å²) in [5.41, 5.74) is -1.34. The molecule has 0 amide bonds. The second-order valence-corrected chi connectivity index (χ2v) is 8.75. The number of esters is 3. The van der Waals surface area contributed by atoms with Crippen molar-refractivity contribution in [1.82, 2.24) is 0 Å². The summed E-state index contributed by atoms with van der Waals surface area (Å²) in [6.45, 7) is 3.46. The van der Waals surface area contributed by atoms with E-state index in [-0.39, 0.29) is 12.0 Å². The summed E-state index contributed by atoms with van der Waals surface area (Å²) >= 11 is 0. The number of hydrogen-bond donors (Lipinski definition) is 4. The fourth-order valence-corrected chi connectivity index (χ4v) is 4.81. The zero-order chi connectivity index (χ0) is 25.4. The van der Waals surface area contributed by atoms with Gasteiger partial charge in [-0.2, -0.15) is 0 Å². The first-order valence-electron chi connectivity index (χ1n) is 10.7. The maximum absolute atomic E-state index is 12.3. The van der Waals surface area contributed by atoms with Gasteiger partial charge in [0.15, 0.2) is 6.29 Å². The van der Waals surface area contributed by atoms with Crippen molar-refractivity contribution in [2.45, 2.75) is 75.9 Å². The van der Waals surface area contributed by atoms with Crippen LogP contribution in [0.3, 0.4) is 0 Å². The topological polar surface area (TPSA) is 188 Å². The van der Waals surface area contributed by atoms with Crippen molar-refractivity contribution in [3.63, 3.8) is 0 Å². The summed E-state index contributed by atoms with van der Waals surface area (Å²) < 4.78 is 32.0. The van der Waals surface area contributed by atoms with E-state index >= 15 is 0 Å². The van der Waals surface area contributed by atoms with Gasteiger partial charge >= 0.3 is 17.9 Å². The first kappa shape index (κ1) is 26.3. The van der Waals surface area contributed by atoms with Gasteiger partial charge in [-0.05, 0) is 6.92 Å². The average Bonchev–Trinajstić information content (AvgIpc) is 3.02. The average molecular weight is 490 g/mol. The SMILES string of the molecule is COC(=O)C1=CO[C@@H](O[C@@H]2O[C@H](COC(C)=O)[C@@H](O)[C@H](O)[C@H]2O)[C@H]2[C@@H]1[C@H](O)C[C@]2(C)OC(C)=O. The van der Waals surface area contributed by atoms with Gasteiger partial charge in [0.1, 0.15) is 36.6 Å². The van der Waals surface area contributed by atoms with Crippen molar-refractivity contribution < 1.29 is 63.2 Å². The third-order valence-electron chi connectivity index (χ3n) is 6.29. The molecule has 3 aliphatic rings. The first-order valence-corrected chi connectivity index (χ1v) is 10.7. The van der Waals surface area contributed by atoms with Crippen LogP contribution in [0.4, 0.5) is 0 Å². The van der Waals surface area contributed by atoms with Gasteiger partial charge in [-0.15, -0.1) is 0 Å². The van der Waals surface area contributed by atoms with E-state index in [4.69, 9.17) is 28.4 Å².